The van der Waals surface area contributed by atoms with Crippen molar-refractivity contribution in [3.63, 3.8) is 0 Å². The highest BCUT2D eigenvalue weighted by Crippen LogP contribution is 2.43. The van der Waals surface area contributed by atoms with E-state index in [4.69, 9.17) is 4.99 Å². The Balaban J connectivity index is 1.43. The Morgan fingerprint density at radius 3 is 2.06 bits per heavy atom. The van der Waals surface area contributed by atoms with Gasteiger partial charge >= 0.3 is 6.18 Å². The van der Waals surface area contributed by atoms with Crippen molar-refractivity contribution < 1.29 is 13.2 Å². The third-order valence-corrected chi connectivity index (χ3v) is 8.18. The molecular weight excluding hydrogens is 431 g/mol. The first-order chi connectivity index (χ1) is 16.5. The number of benzene rings is 3. The van der Waals surface area contributed by atoms with Crippen LogP contribution in [0.5, 0.6) is 0 Å². The normalized spacial score (nSPS) is 18.9. The van der Waals surface area contributed by atoms with Crippen molar-refractivity contribution in [3.05, 3.63) is 76.3 Å². The molecule has 1 aliphatic heterocycles. The average Bonchev–Trinajstić information content (AvgIpc) is 3.59. The third kappa shape index (κ3) is 4.06. The largest absolute Gasteiger partial charge is 0.389 e. The summed E-state index contributed by atoms with van der Waals surface area (Å²) in [5.41, 5.74) is 7.75. The molecule has 3 aromatic rings. The van der Waals surface area contributed by atoms with Gasteiger partial charge in [-0.3, -0.25) is 0 Å². The van der Waals surface area contributed by atoms with Crippen LogP contribution in [0.15, 0.2) is 53.5 Å². The summed E-state index contributed by atoms with van der Waals surface area (Å²) in [6.45, 7) is 0. The Morgan fingerprint density at radius 1 is 0.794 bits per heavy atom. The van der Waals surface area contributed by atoms with E-state index >= 15 is 0 Å². The smallest absolute Gasteiger partial charge is 0.247 e. The predicted octanol–water partition coefficient (Wildman–Crippen LogP) is 9.13. The number of alkyl halides is 3. The van der Waals surface area contributed by atoms with Crippen LogP contribution in [0.2, 0.25) is 0 Å². The maximum atomic E-state index is 12.9. The maximum Gasteiger partial charge on any atom is 0.389 e. The van der Waals surface area contributed by atoms with Crippen molar-refractivity contribution in [2.45, 2.75) is 82.2 Å². The Hall–Kier alpha value is -2.62. The van der Waals surface area contributed by atoms with E-state index < -0.39 is 12.6 Å². The number of halogens is 3. The topological polar surface area (TPSA) is 12.4 Å². The number of hydrogen-bond acceptors (Lipinski definition) is 1. The van der Waals surface area contributed by atoms with Crippen molar-refractivity contribution in [2.24, 2.45) is 4.99 Å². The van der Waals surface area contributed by atoms with Gasteiger partial charge in [0.1, 0.15) is 0 Å². The lowest BCUT2D eigenvalue weighted by atomic mass is 9.86. The van der Waals surface area contributed by atoms with E-state index in [1.807, 2.05) is 24.3 Å². The molecule has 0 amide bonds. The van der Waals surface area contributed by atoms with E-state index in [0.717, 1.165) is 33.3 Å². The van der Waals surface area contributed by atoms with E-state index in [0.29, 0.717) is 11.8 Å². The number of aliphatic imine (C=N–C) groups is 1. The Morgan fingerprint density at radius 2 is 1.44 bits per heavy atom. The minimum atomic E-state index is -4.15. The van der Waals surface area contributed by atoms with Gasteiger partial charge in [-0.2, -0.15) is 13.2 Å². The highest BCUT2D eigenvalue weighted by molar-refractivity contribution is 6.26. The lowest BCUT2D eigenvalue weighted by Crippen LogP contribution is -2.08. The Bertz CT molecular complexity index is 1220. The SMILES string of the molecule is FC(F)(F)CCc1ccc2c3c(cccc13)C(c1cc(C3CCCC3)cc(C3CCCC3)c1)=N2. The second kappa shape index (κ2) is 8.55. The zero-order valence-corrected chi connectivity index (χ0v) is 19.4. The second-order valence-electron chi connectivity index (χ2n) is 10.4. The van der Waals surface area contributed by atoms with Gasteiger partial charge in [0.05, 0.1) is 11.4 Å². The summed E-state index contributed by atoms with van der Waals surface area (Å²) in [6, 6.07) is 16.9. The fraction of sp³-hybridized carbons (Fsp3) is 0.433. The van der Waals surface area contributed by atoms with Crippen LogP contribution in [0.4, 0.5) is 18.9 Å². The molecule has 0 atom stereocenters. The van der Waals surface area contributed by atoms with E-state index in [1.165, 1.54) is 68.1 Å². The Kier molecular flexibility index (Phi) is 5.50. The predicted molar refractivity (Wildman–Crippen MR) is 132 cm³/mol. The minimum absolute atomic E-state index is 0.00204. The van der Waals surface area contributed by atoms with Gasteiger partial charge in [0.15, 0.2) is 0 Å². The molecule has 2 fully saturated rings. The van der Waals surface area contributed by atoms with Gasteiger partial charge in [0.2, 0.25) is 0 Å². The molecule has 1 heterocycles. The molecule has 4 heteroatoms. The zero-order chi connectivity index (χ0) is 23.3. The summed E-state index contributed by atoms with van der Waals surface area (Å²) in [5.74, 6) is 1.27. The molecule has 0 radical (unpaired) electrons. The first-order valence-electron chi connectivity index (χ1n) is 12.8. The van der Waals surface area contributed by atoms with Crippen molar-refractivity contribution in [1.29, 1.82) is 0 Å². The molecule has 0 saturated heterocycles. The minimum Gasteiger partial charge on any atom is -0.247 e. The molecule has 0 bridgehead atoms. The highest BCUT2D eigenvalue weighted by Gasteiger charge is 2.29. The van der Waals surface area contributed by atoms with Crippen LogP contribution >= 0.6 is 0 Å². The molecular formula is C30H30F3N. The number of rotatable bonds is 5. The van der Waals surface area contributed by atoms with Crippen molar-refractivity contribution in [3.8, 4) is 0 Å². The van der Waals surface area contributed by atoms with Crippen LogP contribution in [0.1, 0.15) is 97.4 Å². The first kappa shape index (κ1) is 21.9. The molecule has 3 aromatic carbocycles. The second-order valence-corrected chi connectivity index (χ2v) is 10.4. The van der Waals surface area contributed by atoms with Gasteiger partial charge in [0.25, 0.3) is 0 Å². The summed E-state index contributed by atoms with van der Waals surface area (Å²) in [6.07, 6.45) is 5.32. The van der Waals surface area contributed by atoms with Crippen LogP contribution < -0.4 is 0 Å². The lowest BCUT2D eigenvalue weighted by Gasteiger charge is -2.18. The van der Waals surface area contributed by atoms with E-state index in [1.54, 1.807) is 0 Å². The van der Waals surface area contributed by atoms with Crippen LogP contribution in [-0.4, -0.2) is 11.9 Å². The van der Waals surface area contributed by atoms with Crippen LogP contribution in [0, 0.1) is 0 Å². The quantitative estimate of drug-likeness (QED) is 0.281. The van der Waals surface area contributed by atoms with Gasteiger partial charge < -0.3 is 0 Å². The first-order valence-corrected chi connectivity index (χ1v) is 12.8. The molecule has 176 valence electrons. The number of aryl methyl sites for hydroxylation is 1. The zero-order valence-electron chi connectivity index (χ0n) is 19.4. The highest BCUT2D eigenvalue weighted by atomic mass is 19.4. The molecule has 0 unspecified atom stereocenters. The number of hydrogen-bond donors (Lipinski definition) is 0. The average molecular weight is 462 g/mol. The van der Waals surface area contributed by atoms with Gasteiger partial charge in [0, 0.05) is 22.9 Å². The van der Waals surface area contributed by atoms with Crippen LogP contribution in [0.25, 0.3) is 10.8 Å². The molecule has 0 spiro atoms. The van der Waals surface area contributed by atoms with Crippen molar-refractivity contribution in [1.82, 2.24) is 0 Å². The van der Waals surface area contributed by atoms with Gasteiger partial charge in [-0.15, -0.1) is 0 Å². The van der Waals surface area contributed by atoms with Crippen LogP contribution in [-0.2, 0) is 6.42 Å². The third-order valence-electron chi connectivity index (χ3n) is 8.18. The standard InChI is InChI=1S/C30H30F3N/c31-30(32,33)15-14-21-12-13-27-28-25(21)10-5-11-26(28)29(34-27)24-17-22(19-6-1-2-7-19)16-23(18-24)20-8-3-4-9-20/h5,10-13,16-20H,1-4,6-9,14-15H2. The summed E-state index contributed by atoms with van der Waals surface area (Å²) in [7, 11) is 0. The van der Waals surface area contributed by atoms with Crippen molar-refractivity contribution >= 4 is 22.2 Å². The maximum absolute atomic E-state index is 12.9. The molecule has 3 aliphatic rings. The molecule has 6 rings (SSSR count). The van der Waals surface area contributed by atoms with Crippen LogP contribution in [0.3, 0.4) is 0 Å². The molecule has 2 saturated carbocycles. The van der Waals surface area contributed by atoms with E-state index in [9.17, 15) is 13.2 Å². The van der Waals surface area contributed by atoms with Gasteiger partial charge in [-0.1, -0.05) is 56.0 Å². The fourth-order valence-corrected chi connectivity index (χ4v) is 6.44. The monoisotopic (exact) mass is 461 g/mol. The van der Waals surface area contributed by atoms with Crippen molar-refractivity contribution in [2.75, 3.05) is 0 Å². The summed E-state index contributed by atoms with van der Waals surface area (Å²) < 4.78 is 38.7. The summed E-state index contributed by atoms with van der Waals surface area (Å²) >= 11 is 0. The molecule has 2 aliphatic carbocycles. The Labute approximate surface area is 199 Å². The fourth-order valence-electron chi connectivity index (χ4n) is 6.44. The van der Waals surface area contributed by atoms with E-state index in [2.05, 4.69) is 24.3 Å². The van der Waals surface area contributed by atoms with Gasteiger partial charge in [-0.05, 0) is 84.2 Å². The molecule has 1 nitrogen and oxygen atoms in total. The van der Waals surface area contributed by atoms with Gasteiger partial charge in [-0.25, -0.2) is 4.99 Å². The summed E-state index contributed by atoms with van der Waals surface area (Å²) in [5, 5.41) is 1.91. The van der Waals surface area contributed by atoms with E-state index in [-0.39, 0.29) is 6.42 Å². The molecule has 0 aromatic heterocycles. The molecule has 0 N–H and O–H groups in total. The number of nitrogens with zero attached hydrogens (tertiary/aromatic N) is 1. The summed E-state index contributed by atoms with van der Waals surface area (Å²) in [4.78, 5) is 5.05. The lowest BCUT2D eigenvalue weighted by molar-refractivity contribution is -0.133. The molecule has 34 heavy (non-hydrogen) atoms.